The van der Waals surface area contributed by atoms with Crippen molar-refractivity contribution in [3.05, 3.63) is 23.8 Å². The van der Waals surface area contributed by atoms with Crippen LogP contribution in [0.1, 0.15) is 89.0 Å². The molecular weight excluding hydrogens is 402 g/mol. The Hall–Kier alpha value is -0.930. The number of nitrogens with zero attached hydrogens (tertiary/aromatic N) is 3. The molecule has 2 aliphatic carbocycles. The van der Waals surface area contributed by atoms with Crippen molar-refractivity contribution in [2.24, 2.45) is 5.41 Å². The average molecular weight is 446 g/mol. The van der Waals surface area contributed by atoms with E-state index in [9.17, 15) is 0 Å². The standard InChI is InChI=1S/C27H43N3.ClH/c1-2-15-28-18-20-30(21-19-28)26-8-7-24(29-16-5-6-17-29)22-25(26)23-9-13-27(14-10-23)11-3-4-12-27;/h7-8,22-23H,2-6,9-21H2,1H3;1H. The fourth-order valence-electron chi connectivity index (χ4n) is 7.02. The fraction of sp³-hybridized carbons (Fsp3) is 0.778. The van der Waals surface area contributed by atoms with E-state index >= 15 is 0 Å². The smallest absolute Gasteiger partial charge is 0.0404 e. The van der Waals surface area contributed by atoms with Crippen LogP contribution in [-0.2, 0) is 0 Å². The lowest BCUT2D eigenvalue weighted by Crippen LogP contribution is -2.47. The highest BCUT2D eigenvalue weighted by Crippen LogP contribution is 2.53. The molecule has 2 aliphatic heterocycles. The van der Waals surface area contributed by atoms with Gasteiger partial charge in [-0.1, -0.05) is 19.8 Å². The maximum absolute atomic E-state index is 2.72. The van der Waals surface area contributed by atoms with Crippen molar-refractivity contribution in [1.82, 2.24) is 4.90 Å². The van der Waals surface area contributed by atoms with Gasteiger partial charge in [0.1, 0.15) is 0 Å². The summed E-state index contributed by atoms with van der Waals surface area (Å²) in [4.78, 5) is 8.00. The van der Waals surface area contributed by atoms with Gasteiger partial charge in [-0.15, -0.1) is 12.4 Å². The third-order valence-electron chi connectivity index (χ3n) is 8.89. The van der Waals surface area contributed by atoms with Crippen LogP contribution in [0.4, 0.5) is 11.4 Å². The number of hydrogen-bond donors (Lipinski definition) is 0. The van der Waals surface area contributed by atoms with E-state index < -0.39 is 0 Å². The third-order valence-corrected chi connectivity index (χ3v) is 8.89. The molecule has 0 atom stereocenters. The van der Waals surface area contributed by atoms with Crippen LogP contribution in [0.3, 0.4) is 0 Å². The minimum Gasteiger partial charge on any atom is -0.372 e. The van der Waals surface area contributed by atoms with Gasteiger partial charge in [0.15, 0.2) is 0 Å². The molecule has 2 saturated carbocycles. The molecule has 1 aromatic carbocycles. The second-order valence-corrected chi connectivity index (χ2v) is 10.7. The van der Waals surface area contributed by atoms with E-state index in [-0.39, 0.29) is 12.4 Å². The molecular formula is C27H44ClN3. The Morgan fingerprint density at radius 1 is 0.806 bits per heavy atom. The molecule has 0 unspecified atom stereocenters. The normalized spacial score (nSPS) is 24.7. The summed E-state index contributed by atoms with van der Waals surface area (Å²) in [6, 6.07) is 7.55. The van der Waals surface area contributed by atoms with Crippen LogP contribution in [0.5, 0.6) is 0 Å². The predicted octanol–water partition coefficient (Wildman–Crippen LogP) is 6.46. The monoisotopic (exact) mass is 445 g/mol. The highest BCUT2D eigenvalue weighted by molar-refractivity contribution is 5.85. The molecule has 4 fully saturated rings. The second-order valence-electron chi connectivity index (χ2n) is 10.7. The Bertz CT molecular complexity index is 690. The van der Waals surface area contributed by atoms with Gasteiger partial charge >= 0.3 is 0 Å². The van der Waals surface area contributed by atoms with Crippen LogP contribution in [0.2, 0.25) is 0 Å². The SMILES string of the molecule is CCCN1CCN(c2ccc(N3CCCC3)cc2C2CCC3(CCCC3)CC2)CC1.Cl. The molecule has 2 heterocycles. The summed E-state index contributed by atoms with van der Waals surface area (Å²) >= 11 is 0. The summed E-state index contributed by atoms with van der Waals surface area (Å²) in [6.07, 6.45) is 15.8. The van der Waals surface area contributed by atoms with Crippen molar-refractivity contribution in [3.8, 4) is 0 Å². The lowest BCUT2D eigenvalue weighted by molar-refractivity contribution is 0.181. The number of benzene rings is 1. The quantitative estimate of drug-likeness (QED) is 0.514. The van der Waals surface area contributed by atoms with E-state index in [2.05, 4.69) is 39.8 Å². The number of hydrogen-bond acceptors (Lipinski definition) is 3. The Balaban J connectivity index is 0.00000231. The Morgan fingerprint density at radius 2 is 1.48 bits per heavy atom. The molecule has 0 bridgehead atoms. The summed E-state index contributed by atoms with van der Waals surface area (Å²) in [5.41, 5.74) is 5.49. The molecule has 0 aromatic heterocycles. The van der Waals surface area contributed by atoms with E-state index in [1.54, 1.807) is 11.3 Å². The molecule has 2 saturated heterocycles. The molecule has 4 aliphatic rings. The fourth-order valence-corrected chi connectivity index (χ4v) is 7.02. The van der Waals surface area contributed by atoms with E-state index in [4.69, 9.17) is 0 Å². The van der Waals surface area contributed by atoms with Crippen LogP contribution in [-0.4, -0.2) is 50.7 Å². The summed E-state index contributed by atoms with van der Waals surface area (Å²) in [6.45, 7) is 10.9. The van der Waals surface area contributed by atoms with Crippen LogP contribution in [0.25, 0.3) is 0 Å². The van der Waals surface area contributed by atoms with Crippen molar-refractivity contribution >= 4 is 23.8 Å². The zero-order valence-electron chi connectivity index (χ0n) is 19.8. The molecule has 0 radical (unpaired) electrons. The average Bonchev–Trinajstić information content (AvgIpc) is 3.48. The summed E-state index contributed by atoms with van der Waals surface area (Å²) in [5, 5.41) is 0. The van der Waals surface area contributed by atoms with Gasteiger partial charge in [-0.25, -0.2) is 0 Å². The molecule has 4 heteroatoms. The molecule has 174 valence electrons. The van der Waals surface area contributed by atoms with Gasteiger partial charge in [0.2, 0.25) is 0 Å². The number of anilines is 2. The van der Waals surface area contributed by atoms with Crippen LogP contribution in [0.15, 0.2) is 18.2 Å². The first-order chi connectivity index (χ1) is 14.8. The number of halogens is 1. The highest BCUT2D eigenvalue weighted by Gasteiger charge is 2.38. The summed E-state index contributed by atoms with van der Waals surface area (Å²) in [5.74, 6) is 0.780. The first-order valence-corrected chi connectivity index (χ1v) is 13.1. The number of rotatable bonds is 5. The summed E-state index contributed by atoms with van der Waals surface area (Å²) in [7, 11) is 0. The van der Waals surface area contributed by atoms with Crippen LogP contribution < -0.4 is 9.80 Å². The zero-order valence-corrected chi connectivity index (χ0v) is 20.6. The molecule has 1 aromatic rings. The van der Waals surface area contributed by atoms with Gasteiger partial charge in [0.05, 0.1) is 0 Å². The lowest BCUT2D eigenvalue weighted by Gasteiger charge is -2.41. The van der Waals surface area contributed by atoms with Gasteiger partial charge in [-0.2, -0.15) is 0 Å². The van der Waals surface area contributed by atoms with Crippen molar-refractivity contribution < 1.29 is 0 Å². The number of piperazine rings is 1. The zero-order chi connectivity index (χ0) is 20.4. The van der Waals surface area contributed by atoms with Crippen LogP contribution in [0, 0.1) is 5.41 Å². The van der Waals surface area contributed by atoms with E-state index in [1.807, 2.05) is 0 Å². The molecule has 3 nitrogen and oxygen atoms in total. The molecule has 0 N–H and O–H groups in total. The Labute approximate surface area is 197 Å². The van der Waals surface area contributed by atoms with Crippen LogP contribution >= 0.6 is 12.4 Å². The third kappa shape index (κ3) is 5.03. The second kappa shape index (κ2) is 10.3. The Kier molecular flexibility index (Phi) is 7.75. The topological polar surface area (TPSA) is 9.72 Å². The van der Waals surface area contributed by atoms with Gasteiger partial charge in [0.25, 0.3) is 0 Å². The lowest BCUT2D eigenvalue weighted by atomic mass is 9.68. The Morgan fingerprint density at radius 3 is 2.13 bits per heavy atom. The van der Waals surface area contributed by atoms with Crippen molar-refractivity contribution in [2.45, 2.75) is 83.5 Å². The van der Waals surface area contributed by atoms with Crippen molar-refractivity contribution in [1.29, 1.82) is 0 Å². The van der Waals surface area contributed by atoms with Gasteiger partial charge in [-0.05, 0) is 99.4 Å². The van der Waals surface area contributed by atoms with E-state index in [1.165, 1.54) is 122 Å². The maximum Gasteiger partial charge on any atom is 0.0404 e. The van der Waals surface area contributed by atoms with E-state index in [0.29, 0.717) is 0 Å². The molecule has 1 spiro atoms. The van der Waals surface area contributed by atoms with E-state index in [0.717, 1.165) is 11.3 Å². The van der Waals surface area contributed by atoms with Crippen molar-refractivity contribution in [3.63, 3.8) is 0 Å². The molecule has 0 amide bonds. The van der Waals surface area contributed by atoms with Crippen molar-refractivity contribution in [2.75, 3.05) is 55.6 Å². The minimum atomic E-state index is 0. The molecule has 5 rings (SSSR count). The van der Waals surface area contributed by atoms with Gasteiger partial charge in [0, 0.05) is 50.6 Å². The van der Waals surface area contributed by atoms with Gasteiger partial charge in [-0.3, -0.25) is 4.90 Å². The predicted molar refractivity (Wildman–Crippen MR) is 136 cm³/mol. The maximum atomic E-state index is 2.72. The largest absolute Gasteiger partial charge is 0.372 e. The van der Waals surface area contributed by atoms with Gasteiger partial charge < -0.3 is 9.80 Å². The molecule has 31 heavy (non-hydrogen) atoms. The minimum absolute atomic E-state index is 0. The first kappa shape index (κ1) is 23.2. The first-order valence-electron chi connectivity index (χ1n) is 13.1. The summed E-state index contributed by atoms with van der Waals surface area (Å²) < 4.78 is 0. The highest BCUT2D eigenvalue weighted by atomic mass is 35.5.